The van der Waals surface area contributed by atoms with E-state index in [-0.39, 0.29) is 6.03 Å². The number of likely N-dealkylation sites (tertiary alicyclic amines) is 1. The van der Waals surface area contributed by atoms with Gasteiger partial charge < -0.3 is 15.1 Å². The third-order valence-electron chi connectivity index (χ3n) is 3.35. The molecule has 0 aromatic rings. The number of piperidine rings is 1. The van der Waals surface area contributed by atoms with Gasteiger partial charge in [-0.3, -0.25) is 0 Å². The van der Waals surface area contributed by atoms with Gasteiger partial charge in [0.2, 0.25) is 0 Å². The van der Waals surface area contributed by atoms with Crippen LogP contribution < -0.4 is 5.32 Å². The fraction of sp³-hybridized carbons (Fsp3) is 0.917. The summed E-state index contributed by atoms with van der Waals surface area (Å²) in [6.07, 6.45) is 3.44. The van der Waals surface area contributed by atoms with Gasteiger partial charge in [0.1, 0.15) is 0 Å². The zero-order chi connectivity index (χ0) is 12.0. The first-order chi connectivity index (χ1) is 7.72. The number of nitrogens with zero attached hydrogens (tertiary/aromatic N) is 2. The molecule has 0 radical (unpaired) electrons. The van der Waals surface area contributed by atoms with E-state index in [2.05, 4.69) is 17.1 Å². The molecule has 1 aliphatic heterocycles. The first-order valence-corrected chi connectivity index (χ1v) is 6.43. The number of amides is 2. The highest BCUT2D eigenvalue weighted by Crippen LogP contribution is 2.16. The molecule has 0 saturated carbocycles. The van der Waals surface area contributed by atoms with Crippen molar-refractivity contribution in [1.29, 1.82) is 0 Å². The van der Waals surface area contributed by atoms with E-state index in [0.717, 1.165) is 32.5 Å². The van der Waals surface area contributed by atoms with Crippen LogP contribution in [0.4, 0.5) is 4.79 Å². The molecule has 0 unspecified atom stereocenters. The molecule has 1 rings (SSSR count). The predicted octanol–water partition coefficient (Wildman–Crippen LogP) is 1.52. The van der Waals surface area contributed by atoms with E-state index in [1.54, 1.807) is 7.05 Å². The van der Waals surface area contributed by atoms with E-state index >= 15 is 0 Å². The van der Waals surface area contributed by atoms with Crippen molar-refractivity contribution in [3.63, 3.8) is 0 Å². The Morgan fingerprint density at radius 3 is 2.44 bits per heavy atom. The number of urea groups is 1. The molecule has 0 spiro atoms. The number of hydrogen-bond donors (Lipinski definition) is 1. The van der Waals surface area contributed by atoms with Gasteiger partial charge in [-0.05, 0) is 32.7 Å². The lowest BCUT2D eigenvalue weighted by atomic mass is 10.0. The van der Waals surface area contributed by atoms with Crippen LogP contribution in [0.5, 0.6) is 0 Å². The van der Waals surface area contributed by atoms with Crippen molar-refractivity contribution < 1.29 is 4.79 Å². The molecule has 1 fully saturated rings. The van der Waals surface area contributed by atoms with Gasteiger partial charge in [-0.25, -0.2) is 4.79 Å². The monoisotopic (exact) mass is 227 g/mol. The molecule has 0 aromatic heterocycles. The van der Waals surface area contributed by atoms with E-state index in [1.807, 2.05) is 11.8 Å². The molecule has 0 atom stereocenters. The molecule has 2 amide bonds. The normalized spacial score (nSPS) is 18.4. The van der Waals surface area contributed by atoms with Crippen LogP contribution in [0.25, 0.3) is 0 Å². The van der Waals surface area contributed by atoms with E-state index in [9.17, 15) is 4.79 Å². The maximum Gasteiger partial charge on any atom is 0.317 e. The number of hydrogen-bond acceptors (Lipinski definition) is 2. The molecule has 0 aliphatic carbocycles. The number of carbonyl (C=O) groups is 1. The van der Waals surface area contributed by atoms with Crippen molar-refractivity contribution in [1.82, 2.24) is 15.1 Å². The van der Waals surface area contributed by atoms with E-state index in [0.29, 0.717) is 6.04 Å². The topological polar surface area (TPSA) is 35.6 Å². The van der Waals surface area contributed by atoms with E-state index in [1.165, 1.54) is 13.0 Å². The minimum absolute atomic E-state index is 0.0661. The summed E-state index contributed by atoms with van der Waals surface area (Å²) >= 11 is 0. The number of rotatable bonds is 4. The Morgan fingerprint density at radius 2 is 2.00 bits per heavy atom. The Kier molecular flexibility index (Phi) is 5.60. The van der Waals surface area contributed by atoms with E-state index in [4.69, 9.17) is 0 Å². The van der Waals surface area contributed by atoms with Gasteiger partial charge in [-0.15, -0.1) is 0 Å². The van der Waals surface area contributed by atoms with Crippen molar-refractivity contribution in [2.75, 3.05) is 33.2 Å². The lowest BCUT2D eigenvalue weighted by Crippen LogP contribution is -2.50. The average Bonchev–Trinajstić information content (AvgIpc) is 2.32. The quantitative estimate of drug-likeness (QED) is 0.790. The van der Waals surface area contributed by atoms with Crippen molar-refractivity contribution in [3.05, 3.63) is 0 Å². The summed E-state index contributed by atoms with van der Waals surface area (Å²) in [6, 6.07) is 0.495. The second-order valence-corrected chi connectivity index (χ2v) is 4.41. The Balaban J connectivity index is 2.41. The van der Waals surface area contributed by atoms with Gasteiger partial charge in [-0.2, -0.15) is 0 Å². The zero-order valence-corrected chi connectivity index (χ0v) is 10.8. The third-order valence-corrected chi connectivity index (χ3v) is 3.35. The smallest absolute Gasteiger partial charge is 0.317 e. The van der Waals surface area contributed by atoms with Crippen molar-refractivity contribution in [2.45, 2.75) is 39.2 Å². The van der Waals surface area contributed by atoms with Crippen molar-refractivity contribution >= 4 is 6.03 Å². The Bertz CT molecular complexity index is 212. The maximum atomic E-state index is 11.7. The number of carbonyl (C=O) groups excluding carboxylic acids is 1. The first-order valence-electron chi connectivity index (χ1n) is 6.43. The Hall–Kier alpha value is -0.770. The van der Waals surface area contributed by atoms with Crippen LogP contribution in [0.1, 0.15) is 33.1 Å². The van der Waals surface area contributed by atoms with Crippen molar-refractivity contribution in [2.24, 2.45) is 0 Å². The Labute approximate surface area is 99.0 Å². The fourth-order valence-corrected chi connectivity index (χ4v) is 2.48. The number of nitrogens with one attached hydrogen (secondary N) is 1. The highest BCUT2D eigenvalue weighted by molar-refractivity contribution is 5.74. The van der Waals surface area contributed by atoms with Gasteiger partial charge in [-0.1, -0.05) is 6.92 Å². The molecule has 4 heteroatoms. The molecule has 1 aliphatic rings. The van der Waals surface area contributed by atoms with Gasteiger partial charge >= 0.3 is 6.03 Å². The van der Waals surface area contributed by atoms with Crippen LogP contribution in [0.3, 0.4) is 0 Å². The average molecular weight is 227 g/mol. The van der Waals surface area contributed by atoms with Crippen LogP contribution in [-0.4, -0.2) is 55.1 Å². The minimum atomic E-state index is 0.0661. The molecular weight excluding hydrogens is 202 g/mol. The molecule has 1 heterocycles. The second-order valence-electron chi connectivity index (χ2n) is 4.41. The molecule has 0 aromatic carbocycles. The molecule has 0 bridgehead atoms. The van der Waals surface area contributed by atoms with Gasteiger partial charge in [0.25, 0.3) is 0 Å². The summed E-state index contributed by atoms with van der Waals surface area (Å²) in [6.45, 7) is 8.53. The molecule has 4 nitrogen and oxygen atoms in total. The van der Waals surface area contributed by atoms with Crippen LogP contribution >= 0.6 is 0 Å². The third kappa shape index (κ3) is 3.37. The lowest BCUT2D eigenvalue weighted by Gasteiger charge is -2.37. The molecule has 1 N–H and O–H groups in total. The summed E-state index contributed by atoms with van der Waals surface area (Å²) in [5.41, 5.74) is 0. The summed E-state index contributed by atoms with van der Waals surface area (Å²) < 4.78 is 0. The molecule has 1 saturated heterocycles. The van der Waals surface area contributed by atoms with Crippen molar-refractivity contribution in [3.8, 4) is 0 Å². The molecular formula is C12H25N3O. The highest BCUT2D eigenvalue weighted by Gasteiger charge is 2.25. The second kappa shape index (κ2) is 6.74. The summed E-state index contributed by atoms with van der Waals surface area (Å²) in [5.74, 6) is 0. The maximum absolute atomic E-state index is 11.7. The zero-order valence-electron chi connectivity index (χ0n) is 10.8. The van der Waals surface area contributed by atoms with Crippen LogP contribution in [0.2, 0.25) is 0 Å². The SMILES string of the molecule is CCCN1CCC(N(CC)C(=O)NC)CC1. The van der Waals surface area contributed by atoms with Crippen LogP contribution in [0.15, 0.2) is 0 Å². The molecule has 94 valence electrons. The highest BCUT2D eigenvalue weighted by atomic mass is 16.2. The van der Waals surface area contributed by atoms with Crippen LogP contribution in [-0.2, 0) is 0 Å². The Morgan fingerprint density at radius 1 is 1.38 bits per heavy atom. The standard InChI is InChI=1S/C12H25N3O/c1-4-8-14-9-6-11(7-10-14)15(5-2)12(16)13-3/h11H,4-10H2,1-3H3,(H,13,16). The largest absolute Gasteiger partial charge is 0.341 e. The minimum Gasteiger partial charge on any atom is -0.341 e. The van der Waals surface area contributed by atoms with Gasteiger partial charge in [0.05, 0.1) is 0 Å². The summed E-state index contributed by atoms with van der Waals surface area (Å²) in [5, 5.41) is 2.72. The lowest BCUT2D eigenvalue weighted by molar-refractivity contribution is 0.124. The predicted molar refractivity (Wildman–Crippen MR) is 66.6 cm³/mol. The summed E-state index contributed by atoms with van der Waals surface area (Å²) in [4.78, 5) is 16.1. The van der Waals surface area contributed by atoms with Crippen LogP contribution in [0, 0.1) is 0 Å². The summed E-state index contributed by atoms with van der Waals surface area (Å²) in [7, 11) is 1.71. The van der Waals surface area contributed by atoms with E-state index < -0.39 is 0 Å². The van der Waals surface area contributed by atoms with Gasteiger partial charge in [0, 0.05) is 32.7 Å². The first kappa shape index (κ1) is 13.3. The molecule has 16 heavy (non-hydrogen) atoms. The van der Waals surface area contributed by atoms with Gasteiger partial charge in [0.15, 0.2) is 0 Å². The fourth-order valence-electron chi connectivity index (χ4n) is 2.48.